The summed E-state index contributed by atoms with van der Waals surface area (Å²) in [5, 5.41) is 0. The Hall–Kier alpha value is -0.680. The average Bonchev–Trinajstić information content (AvgIpc) is 2.46. The third-order valence-electron chi connectivity index (χ3n) is 2.92. The zero-order valence-corrected chi connectivity index (χ0v) is 12.6. The summed E-state index contributed by atoms with van der Waals surface area (Å²) in [6.45, 7) is 2.85. The molecule has 0 radical (unpaired) electrons. The monoisotopic (exact) mass is 304 g/mol. The van der Waals surface area contributed by atoms with Gasteiger partial charge in [0, 0.05) is 19.6 Å². The molecule has 1 aromatic carbocycles. The lowest BCUT2D eigenvalue weighted by molar-refractivity contribution is 0.0235. The van der Waals surface area contributed by atoms with Gasteiger partial charge in [-0.1, -0.05) is 12.1 Å². The van der Waals surface area contributed by atoms with Crippen molar-refractivity contribution >= 4 is 11.6 Å². The van der Waals surface area contributed by atoms with E-state index in [0.29, 0.717) is 38.9 Å². The highest BCUT2D eigenvalue weighted by Crippen LogP contribution is 2.21. The molecule has 1 aromatic rings. The molecule has 0 saturated heterocycles. The van der Waals surface area contributed by atoms with Crippen molar-refractivity contribution in [3.63, 3.8) is 0 Å². The van der Waals surface area contributed by atoms with Crippen molar-refractivity contribution < 1.29 is 18.6 Å². The van der Waals surface area contributed by atoms with Gasteiger partial charge in [-0.3, -0.25) is 0 Å². The highest BCUT2D eigenvalue weighted by molar-refractivity contribution is 6.18. The maximum Gasteiger partial charge on any atom is 0.123 e. The molecular formula is C15H22ClFO3. The number of halogens is 2. The summed E-state index contributed by atoms with van der Waals surface area (Å²) in [5.74, 6) is 0.337. The first-order chi connectivity index (χ1) is 9.77. The van der Waals surface area contributed by atoms with Crippen LogP contribution in [0, 0.1) is 5.82 Å². The third kappa shape index (κ3) is 7.20. The lowest BCUT2D eigenvalue weighted by Crippen LogP contribution is -2.11. The predicted molar refractivity (Wildman–Crippen MR) is 78.0 cm³/mol. The van der Waals surface area contributed by atoms with E-state index < -0.39 is 0 Å². The molecule has 0 aliphatic carbocycles. The fourth-order valence-corrected chi connectivity index (χ4v) is 2.12. The second-order valence-electron chi connectivity index (χ2n) is 4.41. The summed E-state index contributed by atoms with van der Waals surface area (Å²) in [4.78, 5) is 0. The molecule has 0 aliphatic rings. The Morgan fingerprint density at radius 1 is 1.10 bits per heavy atom. The van der Waals surface area contributed by atoms with Crippen molar-refractivity contribution in [2.75, 3.05) is 46.0 Å². The van der Waals surface area contributed by atoms with E-state index >= 15 is 0 Å². The van der Waals surface area contributed by atoms with Gasteiger partial charge < -0.3 is 14.2 Å². The molecule has 1 unspecified atom stereocenters. The van der Waals surface area contributed by atoms with Crippen LogP contribution in [0.25, 0.3) is 0 Å². The number of methoxy groups -OCH3 is 1. The first-order valence-corrected chi connectivity index (χ1v) is 7.27. The predicted octanol–water partition coefficient (Wildman–Crippen LogP) is 3.22. The zero-order chi connectivity index (χ0) is 14.6. The van der Waals surface area contributed by atoms with Gasteiger partial charge >= 0.3 is 0 Å². The van der Waals surface area contributed by atoms with Gasteiger partial charge in [0.1, 0.15) is 5.82 Å². The van der Waals surface area contributed by atoms with Crippen LogP contribution in [-0.4, -0.2) is 46.0 Å². The van der Waals surface area contributed by atoms with Gasteiger partial charge in [0.15, 0.2) is 0 Å². The van der Waals surface area contributed by atoms with E-state index in [2.05, 4.69) is 0 Å². The van der Waals surface area contributed by atoms with Crippen LogP contribution in [0.1, 0.15) is 17.9 Å². The Bertz CT molecular complexity index is 363. The summed E-state index contributed by atoms with van der Waals surface area (Å²) < 4.78 is 28.8. The van der Waals surface area contributed by atoms with Crippen LogP contribution in [0.15, 0.2) is 24.3 Å². The lowest BCUT2D eigenvalue weighted by atomic mass is 9.98. The van der Waals surface area contributed by atoms with E-state index in [1.807, 2.05) is 6.07 Å². The fraction of sp³-hybridized carbons (Fsp3) is 0.600. The van der Waals surface area contributed by atoms with E-state index in [1.165, 1.54) is 12.1 Å². The van der Waals surface area contributed by atoms with Crippen molar-refractivity contribution in [1.29, 1.82) is 0 Å². The summed E-state index contributed by atoms with van der Waals surface area (Å²) in [6, 6.07) is 6.56. The van der Waals surface area contributed by atoms with E-state index in [9.17, 15) is 4.39 Å². The van der Waals surface area contributed by atoms with Gasteiger partial charge in [0.2, 0.25) is 0 Å². The molecule has 0 amide bonds. The molecule has 0 aliphatic heterocycles. The molecule has 0 bridgehead atoms. The van der Waals surface area contributed by atoms with Crippen LogP contribution in [0.2, 0.25) is 0 Å². The normalized spacial score (nSPS) is 12.6. The standard InChI is InChI=1S/C15H22ClFO3/c1-18-7-8-20-10-9-19-6-5-14(12-16)13-3-2-4-15(17)11-13/h2-4,11,14H,5-10,12H2,1H3. The SMILES string of the molecule is COCCOCCOCCC(CCl)c1cccc(F)c1. The van der Waals surface area contributed by atoms with Crippen molar-refractivity contribution in [2.24, 2.45) is 0 Å². The molecule has 20 heavy (non-hydrogen) atoms. The molecule has 0 saturated carbocycles. The maximum atomic E-state index is 13.2. The molecular weight excluding hydrogens is 283 g/mol. The number of ether oxygens (including phenoxy) is 3. The largest absolute Gasteiger partial charge is 0.382 e. The average molecular weight is 305 g/mol. The van der Waals surface area contributed by atoms with Gasteiger partial charge in [0.05, 0.1) is 26.4 Å². The Balaban J connectivity index is 2.16. The Morgan fingerprint density at radius 2 is 1.80 bits per heavy atom. The quantitative estimate of drug-likeness (QED) is 0.464. The van der Waals surface area contributed by atoms with Crippen LogP contribution < -0.4 is 0 Å². The minimum absolute atomic E-state index is 0.113. The van der Waals surface area contributed by atoms with Gasteiger partial charge in [-0.2, -0.15) is 0 Å². The first-order valence-electron chi connectivity index (χ1n) is 6.73. The van der Waals surface area contributed by atoms with Crippen molar-refractivity contribution in [1.82, 2.24) is 0 Å². The molecule has 1 rings (SSSR count). The Morgan fingerprint density at radius 3 is 2.45 bits per heavy atom. The maximum absolute atomic E-state index is 13.2. The number of hydrogen-bond donors (Lipinski definition) is 0. The van der Waals surface area contributed by atoms with E-state index in [4.69, 9.17) is 25.8 Å². The third-order valence-corrected chi connectivity index (χ3v) is 3.29. The second kappa shape index (κ2) is 11.0. The molecule has 0 spiro atoms. The summed E-state index contributed by atoms with van der Waals surface area (Å²) >= 11 is 5.94. The number of benzene rings is 1. The van der Waals surface area contributed by atoms with Gasteiger partial charge in [0.25, 0.3) is 0 Å². The fourth-order valence-electron chi connectivity index (χ4n) is 1.78. The van der Waals surface area contributed by atoms with Gasteiger partial charge in [-0.05, 0) is 30.0 Å². The Kier molecular flexibility index (Phi) is 9.58. The molecule has 0 N–H and O–H groups in total. The van der Waals surface area contributed by atoms with Crippen LogP contribution in [0.4, 0.5) is 4.39 Å². The van der Waals surface area contributed by atoms with Gasteiger partial charge in [-0.25, -0.2) is 4.39 Å². The highest BCUT2D eigenvalue weighted by atomic mass is 35.5. The first kappa shape index (κ1) is 17.4. The van der Waals surface area contributed by atoms with E-state index in [1.54, 1.807) is 13.2 Å². The van der Waals surface area contributed by atoms with E-state index in [0.717, 1.165) is 12.0 Å². The van der Waals surface area contributed by atoms with Crippen LogP contribution >= 0.6 is 11.6 Å². The van der Waals surface area contributed by atoms with Crippen LogP contribution in [0.5, 0.6) is 0 Å². The van der Waals surface area contributed by atoms with Crippen molar-refractivity contribution in [2.45, 2.75) is 12.3 Å². The molecule has 0 fully saturated rings. The number of rotatable bonds is 11. The number of hydrogen-bond acceptors (Lipinski definition) is 3. The summed E-state index contributed by atoms with van der Waals surface area (Å²) in [7, 11) is 1.64. The summed E-state index contributed by atoms with van der Waals surface area (Å²) in [6.07, 6.45) is 0.769. The highest BCUT2D eigenvalue weighted by Gasteiger charge is 2.10. The molecule has 5 heteroatoms. The van der Waals surface area contributed by atoms with Crippen LogP contribution in [-0.2, 0) is 14.2 Å². The van der Waals surface area contributed by atoms with Crippen LogP contribution in [0.3, 0.4) is 0 Å². The smallest absolute Gasteiger partial charge is 0.123 e. The van der Waals surface area contributed by atoms with E-state index in [-0.39, 0.29) is 11.7 Å². The molecule has 0 heterocycles. The molecule has 3 nitrogen and oxygen atoms in total. The molecule has 114 valence electrons. The lowest BCUT2D eigenvalue weighted by Gasteiger charge is -2.14. The summed E-state index contributed by atoms with van der Waals surface area (Å²) in [5.41, 5.74) is 0.917. The van der Waals surface area contributed by atoms with Crippen molar-refractivity contribution in [3.8, 4) is 0 Å². The second-order valence-corrected chi connectivity index (χ2v) is 4.72. The Labute approximate surface area is 125 Å². The van der Waals surface area contributed by atoms with Crippen molar-refractivity contribution in [3.05, 3.63) is 35.6 Å². The molecule has 1 atom stereocenters. The minimum Gasteiger partial charge on any atom is -0.382 e. The topological polar surface area (TPSA) is 27.7 Å². The minimum atomic E-state index is -0.231. The molecule has 0 aromatic heterocycles. The zero-order valence-electron chi connectivity index (χ0n) is 11.8. The number of alkyl halides is 1. The van der Waals surface area contributed by atoms with Gasteiger partial charge in [-0.15, -0.1) is 11.6 Å².